The lowest BCUT2D eigenvalue weighted by Crippen LogP contribution is -2.39. The molecule has 1 aliphatic rings. The average Bonchev–Trinajstić information content (AvgIpc) is 3.15. The molecular formula is C18H19N5O2. The second-order valence-corrected chi connectivity index (χ2v) is 6.23. The van der Waals surface area contributed by atoms with Crippen LogP contribution in [0.4, 0.5) is 0 Å². The fourth-order valence-corrected chi connectivity index (χ4v) is 3.07. The molecule has 25 heavy (non-hydrogen) atoms. The second kappa shape index (κ2) is 6.88. The van der Waals surface area contributed by atoms with Gasteiger partial charge in [-0.2, -0.15) is 0 Å². The molecule has 1 fully saturated rings. The van der Waals surface area contributed by atoms with Gasteiger partial charge in [-0.05, 0) is 37.0 Å². The first-order valence-electron chi connectivity index (χ1n) is 8.42. The summed E-state index contributed by atoms with van der Waals surface area (Å²) in [5, 5.41) is 7.79. The maximum atomic E-state index is 12.7. The monoisotopic (exact) mass is 337 g/mol. The minimum atomic E-state index is 0.0553. The van der Waals surface area contributed by atoms with Gasteiger partial charge in [-0.3, -0.25) is 9.20 Å². The number of likely N-dealkylation sites (tertiary alicyclic amines) is 1. The molecule has 1 aliphatic heterocycles. The zero-order chi connectivity index (χ0) is 17.1. The molecule has 7 nitrogen and oxygen atoms in total. The quantitative estimate of drug-likeness (QED) is 0.728. The zero-order valence-electron chi connectivity index (χ0n) is 13.8. The van der Waals surface area contributed by atoms with Crippen molar-refractivity contribution in [2.45, 2.75) is 12.8 Å². The van der Waals surface area contributed by atoms with Crippen molar-refractivity contribution in [1.29, 1.82) is 0 Å². The van der Waals surface area contributed by atoms with Crippen LogP contribution < -0.4 is 4.74 Å². The highest BCUT2D eigenvalue weighted by Gasteiger charge is 2.24. The van der Waals surface area contributed by atoms with Gasteiger partial charge >= 0.3 is 0 Å². The van der Waals surface area contributed by atoms with Gasteiger partial charge in [0.25, 0.3) is 5.91 Å². The van der Waals surface area contributed by atoms with Crippen LogP contribution in [0.1, 0.15) is 23.2 Å². The summed E-state index contributed by atoms with van der Waals surface area (Å²) in [4.78, 5) is 18.8. The predicted molar refractivity (Wildman–Crippen MR) is 91.3 cm³/mol. The number of hydrogen-bond donors (Lipinski definition) is 0. The molecule has 3 aromatic rings. The number of carbonyl (C=O) groups excluding carboxylic acids is 1. The van der Waals surface area contributed by atoms with Crippen LogP contribution in [0.3, 0.4) is 0 Å². The van der Waals surface area contributed by atoms with Crippen molar-refractivity contribution in [2.75, 3.05) is 19.7 Å². The Hall–Kier alpha value is -2.96. The number of ether oxygens (including phenoxy) is 1. The van der Waals surface area contributed by atoms with Gasteiger partial charge in [0.2, 0.25) is 5.88 Å². The third-order valence-corrected chi connectivity index (χ3v) is 4.54. The van der Waals surface area contributed by atoms with E-state index in [2.05, 4.69) is 15.2 Å². The van der Waals surface area contributed by atoms with Gasteiger partial charge in [0, 0.05) is 31.5 Å². The number of aromatic nitrogens is 4. The third-order valence-electron chi connectivity index (χ3n) is 4.54. The molecule has 0 aliphatic carbocycles. The highest BCUT2D eigenvalue weighted by molar-refractivity contribution is 5.94. The molecule has 4 rings (SSSR count). The Balaban J connectivity index is 1.32. The summed E-state index contributed by atoms with van der Waals surface area (Å²) in [6.45, 7) is 2.14. The third kappa shape index (κ3) is 3.45. The predicted octanol–water partition coefficient (Wildman–Crippen LogP) is 2.06. The Morgan fingerprint density at radius 1 is 1.20 bits per heavy atom. The van der Waals surface area contributed by atoms with Crippen LogP contribution in [0.25, 0.3) is 5.65 Å². The summed E-state index contributed by atoms with van der Waals surface area (Å²) in [6, 6.07) is 9.26. The Labute approximate surface area is 145 Å². The molecule has 0 radical (unpaired) electrons. The maximum absolute atomic E-state index is 12.7. The van der Waals surface area contributed by atoms with E-state index in [0.29, 0.717) is 24.0 Å². The van der Waals surface area contributed by atoms with Crippen molar-refractivity contribution in [3.63, 3.8) is 0 Å². The highest BCUT2D eigenvalue weighted by atomic mass is 16.5. The standard InChI is InChI=1S/C18H19N5O2/c24-18(15-4-5-16-21-20-13-23(16)11-15)22-9-6-14(7-10-22)12-25-17-3-1-2-8-19-17/h1-5,8,11,13-14H,6-7,9-10,12H2. The van der Waals surface area contributed by atoms with E-state index in [-0.39, 0.29) is 5.91 Å². The summed E-state index contributed by atoms with van der Waals surface area (Å²) in [7, 11) is 0. The first-order valence-corrected chi connectivity index (χ1v) is 8.42. The summed E-state index contributed by atoms with van der Waals surface area (Å²) < 4.78 is 7.50. The summed E-state index contributed by atoms with van der Waals surface area (Å²) in [5.41, 5.74) is 1.40. The van der Waals surface area contributed by atoms with E-state index in [4.69, 9.17) is 4.74 Å². The van der Waals surface area contributed by atoms with Gasteiger partial charge in [-0.15, -0.1) is 10.2 Å². The van der Waals surface area contributed by atoms with Crippen molar-refractivity contribution in [2.24, 2.45) is 5.92 Å². The molecule has 4 heterocycles. The summed E-state index contributed by atoms with van der Waals surface area (Å²) in [5.74, 6) is 1.16. The molecule has 0 atom stereocenters. The summed E-state index contributed by atoms with van der Waals surface area (Å²) in [6.07, 6.45) is 6.99. The maximum Gasteiger partial charge on any atom is 0.255 e. The minimum Gasteiger partial charge on any atom is -0.477 e. The topological polar surface area (TPSA) is 72.6 Å². The van der Waals surface area contributed by atoms with Crippen LogP contribution in [0.5, 0.6) is 5.88 Å². The van der Waals surface area contributed by atoms with Gasteiger partial charge < -0.3 is 9.64 Å². The SMILES string of the molecule is O=C(c1ccc2nncn2c1)N1CCC(COc2ccccn2)CC1. The fraction of sp³-hybridized carbons (Fsp3) is 0.333. The van der Waals surface area contributed by atoms with Crippen molar-refractivity contribution in [1.82, 2.24) is 24.5 Å². The smallest absolute Gasteiger partial charge is 0.255 e. The van der Waals surface area contributed by atoms with E-state index in [1.165, 1.54) is 0 Å². The normalized spacial score (nSPS) is 15.4. The number of nitrogens with zero attached hydrogens (tertiary/aromatic N) is 5. The molecule has 128 valence electrons. The van der Waals surface area contributed by atoms with E-state index in [1.54, 1.807) is 23.1 Å². The van der Waals surface area contributed by atoms with Crippen molar-refractivity contribution in [3.05, 3.63) is 54.6 Å². The molecule has 1 amide bonds. The highest BCUT2D eigenvalue weighted by Crippen LogP contribution is 2.20. The Bertz CT molecular complexity index is 856. The van der Waals surface area contributed by atoms with Gasteiger partial charge in [-0.25, -0.2) is 4.98 Å². The number of rotatable bonds is 4. The van der Waals surface area contributed by atoms with Crippen LogP contribution in [-0.2, 0) is 0 Å². The molecule has 0 N–H and O–H groups in total. The first kappa shape index (κ1) is 15.6. The molecule has 7 heteroatoms. The van der Waals surface area contributed by atoms with Crippen molar-refractivity contribution in [3.8, 4) is 5.88 Å². The Morgan fingerprint density at radius 2 is 2.08 bits per heavy atom. The van der Waals surface area contributed by atoms with E-state index in [0.717, 1.165) is 31.6 Å². The lowest BCUT2D eigenvalue weighted by molar-refractivity contribution is 0.0659. The zero-order valence-corrected chi connectivity index (χ0v) is 13.8. The number of carbonyl (C=O) groups is 1. The summed E-state index contributed by atoms with van der Waals surface area (Å²) >= 11 is 0. The molecule has 3 aromatic heterocycles. The van der Waals surface area contributed by atoms with Crippen LogP contribution in [-0.4, -0.2) is 50.1 Å². The minimum absolute atomic E-state index is 0.0553. The van der Waals surface area contributed by atoms with Crippen LogP contribution in [0, 0.1) is 5.92 Å². The molecular weight excluding hydrogens is 318 g/mol. The van der Waals surface area contributed by atoms with E-state index in [9.17, 15) is 4.79 Å². The number of piperidine rings is 1. The molecule has 0 unspecified atom stereocenters. The molecule has 0 aromatic carbocycles. The number of fused-ring (bicyclic) bond motifs is 1. The Kier molecular flexibility index (Phi) is 4.28. The van der Waals surface area contributed by atoms with Gasteiger partial charge in [0.05, 0.1) is 12.2 Å². The lowest BCUT2D eigenvalue weighted by Gasteiger charge is -2.31. The molecule has 0 bridgehead atoms. The van der Waals surface area contributed by atoms with Gasteiger partial charge in [-0.1, -0.05) is 6.07 Å². The van der Waals surface area contributed by atoms with E-state index >= 15 is 0 Å². The number of hydrogen-bond acceptors (Lipinski definition) is 5. The van der Waals surface area contributed by atoms with Crippen LogP contribution in [0.2, 0.25) is 0 Å². The van der Waals surface area contributed by atoms with Crippen molar-refractivity contribution >= 4 is 11.6 Å². The number of amides is 1. The molecule has 1 saturated heterocycles. The van der Waals surface area contributed by atoms with E-state index in [1.807, 2.05) is 35.2 Å². The first-order chi connectivity index (χ1) is 12.3. The van der Waals surface area contributed by atoms with E-state index < -0.39 is 0 Å². The molecule has 0 saturated carbocycles. The fourth-order valence-electron chi connectivity index (χ4n) is 3.07. The average molecular weight is 337 g/mol. The van der Waals surface area contributed by atoms with Gasteiger partial charge in [0.15, 0.2) is 5.65 Å². The second-order valence-electron chi connectivity index (χ2n) is 6.23. The van der Waals surface area contributed by atoms with Crippen LogP contribution in [0.15, 0.2) is 49.1 Å². The van der Waals surface area contributed by atoms with Gasteiger partial charge in [0.1, 0.15) is 6.33 Å². The van der Waals surface area contributed by atoms with Crippen molar-refractivity contribution < 1.29 is 9.53 Å². The lowest BCUT2D eigenvalue weighted by atomic mass is 9.97. The molecule has 0 spiro atoms. The largest absolute Gasteiger partial charge is 0.477 e. The van der Waals surface area contributed by atoms with Crippen LogP contribution >= 0.6 is 0 Å². The Morgan fingerprint density at radius 3 is 2.88 bits per heavy atom. The number of pyridine rings is 2.